The summed E-state index contributed by atoms with van der Waals surface area (Å²) in [6, 6.07) is 11.4. The van der Waals surface area contributed by atoms with Crippen LogP contribution in [-0.2, 0) is 17.6 Å². The lowest BCUT2D eigenvalue weighted by Gasteiger charge is -2.13. The van der Waals surface area contributed by atoms with Crippen molar-refractivity contribution in [2.45, 2.75) is 26.2 Å². The van der Waals surface area contributed by atoms with Gasteiger partial charge in [0.25, 0.3) is 0 Å². The van der Waals surface area contributed by atoms with E-state index in [0.29, 0.717) is 16.5 Å². The highest BCUT2D eigenvalue weighted by Crippen LogP contribution is 2.35. The van der Waals surface area contributed by atoms with Crippen LogP contribution in [0.2, 0.25) is 10.0 Å². The average molecular weight is 323 g/mol. The smallest absolute Gasteiger partial charge is 0.303 e. The Morgan fingerprint density at radius 3 is 2.38 bits per heavy atom. The maximum absolute atomic E-state index is 10.8. The molecule has 0 saturated carbocycles. The minimum Gasteiger partial charge on any atom is -0.481 e. The van der Waals surface area contributed by atoms with Crippen LogP contribution in [0.15, 0.2) is 36.4 Å². The molecule has 0 aliphatic heterocycles. The fourth-order valence-corrected chi connectivity index (χ4v) is 2.87. The molecule has 0 amide bonds. The van der Waals surface area contributed by atoms with Crippen molar-refractivity contribution in [2.24, 2.45) is 0 Å². The van der Waals surface area contributed by atoms with Gasteiger partial charge in [0, 0.05) is 27.6 Å². The number of halogens is 2. The van der Waals surface area contributed by atoms with E-state index in [2.05, 4.69) is 0 Å². The van der Waals surface area contributed by atoms with E-state index in [-0.39, 0.29) is 6.42 Å². The van der Waals surface area contributed by atoms with Gasteiger partial charge in [-0.2, -0.15) is 0 Å². The summed E-state index contributed by atoms with van der Waals surface area (Å²) in [6.07, 6.45) is 1.42. The molecule has 0 saturated heterocycles. The molecule has 0 aromatic heterocycles. The highest BCUT2D eigenvalue weighted by molar-refractivity contribution is 6.36. The molecule has 0 fully saturated rings. The second-order valence-electron chi connectivity index (χ2n) is 4.83. The second kappa shape index (κ2) is 6.97. The predicted molar refractivity (Wildman–Crippen MR) is 87.2 cm³/mol. The minimum atomic E-state index is -0.800. The fraction of sp³-hybridized carbons (Fsp3) is 0.235. The first-order valence-electron chi connectivity index (χ1n) is 6.81. The molecular formula is C17H16Cl2O2. The number of hydrogen-bond acceptors (Lipinski definition) is 1. The molecule has 21 heavy (non-hydrogen) atoms. The van der Waals surface area contributed by atoms with E-state index in [1.54, 1.807) is 0 Å². The van der Waals surface area contributed by atoms with Crippen LogP contribution in [0.4, 0.5) is 0 Å². The monoisotopic (exact) mass is 322 g/mol. The number of aliphatic carboxylic acids is 1. The molecule has 2 aromatic rings. The van der Waals surface area contributed by atoms with Gasteiger partial charge in [0.05, 0.1) is 0 Å². The van der Waals surface area contributed by atoms with Crippen LogP contribution in [0.25, 0.3) is 11.1 Å². The maximum Gasteiger partial charge on any atom is 0.303 e. The van der Waals surface area contributed by atoms with Gasteiger partial charge in [0.2, 0.25) is 0 Å². The van der Waals surface area contributed by atoms with E-state index < -0.39 is 5.97 Å². The zero-order chi connectivity index (χ0) is 15.4. The van der Waals surface area contributed by atoms with Crippen LogP contribution < -0.4 is 0 Å². The van der Waals surface area contributed by atoms with Crippen LogP contribution in [0.1, 0.15) is 24.5 Å². The van der Waals surface area contributed by atoms with Gasteiger partial charge < -0.3 is 5.11 Å². The Balaban J connectivity index is 2.49. The van der Waals surface area contributed by atoms with Gasteiger partial charge >= 0.3 is 5.97 Å². The summed E-state index contributed by atoms with van der Waals surface area (Å²) in [5, 5.41) is 10.1. The summed E-state index contributed by atoms with van der Waals surface area (Å²) in [6.45, 7) is 2.03. The lowest BCUT2D eigenvalue weighted by Crippen LogP contribution is -2.01. The third-order valence-corrected chi connectivity index (χ3v) is 4.08. The lowest BCUT2D eigenvalue weighted by molar-refractivity contribution is -0.136. The molecule has 0 spiro atoms. The lowest BCUT2D eigenvalue weighted by atomic mass is 9.95. The number of hydrogen-bond donors (Lipinski definition) is 1. The highest BCUT2D eigenvalue weighted by atomic mass is 35.5. The average Bonchev–Trinajstić information content (AvgIpc) is 2.46. The van der Waals surface area contributed by atoms with Gasteiger partial charge in [-0.15, -0.1) is 0 Å². The van der Waals surface area contributed by atoms with Crippen molar-refractivity contribution >= 4 is 29.2 Å². The predicted octanol–water partition coefficient (Wildman–Crippen LogP) is 5.24. The minimum absolute atomic E-state index is 0.108. The third kappa shape index (κ3) is 3.78. The van der Waals surface area contributed by atoms with Crippen molar-refractivity contribution in [3.05, 3.63) is 57.6 Å². The standard InChI is InChI=1S/C17H16Cl2O2/c1-2-11-10-16(19)14(9-12(11)7-8-17(20)21)13-5-3-4-6-15(13)18/h3-6,9-10H,2,7-8H2,1H3,(H,20,21). The molecule has 0 radical (unpaired) electrons. The molecule has 2 rings (SSSR count). The van der Waals surface area contributed by atoms with Crippen molar-refractivity contribution < 1.29 is 9.90 Å². The van der Waals surface area contributed by atoms with Gasteiger partial charge in [-0.3, -0.25) is 4.79 Å². The van der Waals surface area contributed by atoms with E-state index >= 15 is 0 Å². The number of carboxylic acid groups (broad SMARTS) is 1. The van der Waals surface area contributed by atoms with Gasteiger partial charge in [-0.1, -0.05) is 48.3 Å². The Morgan fingerprint density at radius 1 is 1.05 bits per heavy atom. The SMILES string of the molecule is CCc1cc(Cl)c(-c2ccccc2Cl)cc1CCC(=O)O. The van der Waals surface area contributed by atoms with Crippen LogP contribution in [0.3, 0.4) is 0 Å². The normalized spacial score (nSPS) is 10.6. The molecule has 0 unspecified atom stereocenters. The fourth-order valence-electron chi connectivity index (χ4n) is 2.35. The molecule has 2 nitrogen and oxygen atoms in total. The first-order chi connectivity index (χ1) is 10.0. The van der Waals surface area contributed by atoms with E-state index in [1.807, 2.05) is 43.3 Å². The van der Waals surface area contributed by atoms with Crippen molar-refractivity contribution in [3.63, 3.8) is 0 Å². The summed E-state index contributed by atoms with van der Waals surface area (Å²) in [4.78, 5) is 10.8. The largest absolute Gasteiger partial charge is 0.481 e. The Bertz CT molecular complexity index is 666. The summed E-state index contributed by atoms with van der Waals surface area (Å²) in [5.41, 5.74) is 3.81. The van der Waals surface area contributed by atoms with Crippen molar-refractivity contribution in [3.8, 4) is 11.1 Å². The Morgan fingerprint density at radius 2 is 1.76 bits per heavy atom. The first-order valence-corrected chi connectivity index (χ1v) is 7.56. The zero-order valence-electron chi connectivity index (χ0n) is 11.7. The van der Waals surface area contributed by atoms with Crippen LogP contribution >= 0.6 is 23.2 Å². The van der Waals surface area contributed by atoms with Gasteiger partial charge in [0.15, 0.2) is 0 Å². The molecular weight excluding hydrogens is 307 g/mol. The Hall–Kier alpha value is -1.51. The summed E-state index contributed by atoms with van der Waals surface area (Å²) < 4.78 is 0. The van der Waals surface area contributed by atoms with Crippen LogP contribution in [0.5, 0.6) is 0 Å². The first kappa shape index (κ1) is 15.9. The molecule has 0 aliphatic carbocycles. The Labute approximate surface area is 134 Å². The summed E-state index contributed by atoms with van der Waals surface area (Å²) in [7, 11) is 0. The second-order valence-corrected chi connectivity index (χ2v) is 5.64. The topological polar surface area (TPSA) is 37.3 Å². The molecule has 0 heterocycles. The number of carbonyl (C=O) groups is 1. The Kier molecular flexibility index (Phi) is 5.27. The van der Waals surface area contributed by atoms with Gasteiger partial charge in [-0.25, -0.2) is 0 Å². The molecule has 0 atom stereocenters. The van der Waals surface area contributed by atoms with Crippen molar-refractivity contribution in [1.29, 1.82) is 0 Å². The van der Waals surface area contributed by atoms with Crippen molar-refractivity contribution in [1.82, 2.24) is 0 Å². The highest BCUT2D eigenvalue weighted by Gasteiger charge is 2.12. The molecule has 0 aliphatic rings. The van der Waals surface area contributed by atoms with E-state index in [9.17, 15) is 4.79 Å². The summed E-state index contributed by atoms with van der Waals surface area (Å²) in [5.74, 6) is -0.800. The molecule has 4 heteroatoms. The molecule has 0 bridgehead atoms. The van der Waals surface area contributed by atoms with Crippen molar-refractivity contribution in [2.75, 3.05) is 0 Å². The zero-order valence-corrected chi connectivity index (χ0v) is 13.2. The maximum atomic E-state index is 10.8. The van der Waals surface area contributed by atoms with E-state index in [4.69, 9.17) is 28.3 Å². The van der Waals surface area contributed by atoms with E-state index in [0.717, 1.165) is 28.7 Å². The number of carboxylic acids is 1. The van der Waals surface area contributed by atoms with Gasteiger partial charge in [0.1, 0.15) is 0 Å². The third-order valence-electron chi connectivity index (χ3n) is 3.44. The summed E-state index contributed by atoms with van der Waals surface area (Å²) >= 11 is 12.6. The quantitative estimate of drug-likeness (QED) is 0.817. The molecule has 110 valence electrons. The molecule has 2 aromatic carbocycles. The number of aryl methyl sites for hydroxylation is 2. The van der Waals surface area contributed by atoms with Gasteiger partial charge in [-0.05, 0) is 42.2 Å². The van der Waals surface area contributed by atoms with Crippen LogP contribution in [-0.4, -0.2) is 11.1 Å². The number of benzene rings is 2. The van der Waals surface area contributed by atoms with E-state index in [1.165, 1.54) is 0 Å². The molecule has 1 N–H and O–H groups in total. The van der Waals surface area contributed by atoms with Crippen LogP contribution in [0, 0.1) is 0 Å². The number of rotatable bonds is 5.